The van der Waals surface area contributed by atoms with Crippen molar-refractivity contribution in [3.8, 4) is 5.75 Å². The third kappa shape index (κ3) is 4.42. The number of hydrogen-bond donors (Lipinski definition) is 1. The van der Waals surface area contributed by atoms with E-state index in [1.807, 2.05) is 12.1 Å². The molecule has 1 N–H and O–H groups in total. The van der Waals surface area contributed by atoms with Crippen molar-refractivity contribution in [3.63, 3.8) is 0 Å². The Morgan fingerprint density at radius 1 is 1.15 bits per heavy atom. The average Bonchev–Trinajstić information content (AvgIpc) is 2.67. The first kappa shape index (κ1) is 18.0. The van der Waals surface area contributed by atoms with Gasteiger partial charge in [-0.25, -0.2) is 4.79 Å². The molecule has 1 amide bonds. The summed E-state index contributed by atoms with van der Waals surface area (Å²) in [6.45, 7) is 1.98. The topological polar surface area (TPSA) is 64.6 Å². The maximum absolute atomic E-state index is 12.3. The molecule has 0 radical (unpaired) electrons. The van der Waals surface area contributed by atoms with Crippen molar-refractivity contribution in [1.29, 1.82) is 0 Å². The van der Waals surface area contributed by atoms with Crippen LogP contribution in [0, 0.1) is 0 Å². The summed E-state index contributed by atoms with van der Waals surface area (Å²) in [5.41, 5.74) is 2.90. The van der Waals surface area contributed by atoms with Crippen molar-refractivity contribution in [2.45, 2.75) is 32.2 Å². The summed E-state index contributed by atoms with van der Waals surface area (Å²) in [6.07, 6.45) is 3.05. The van der Waals surface area contributed by atoms with Crippen LogP contribution in [-0.2, 0) is 16.0 Å². The molecule has 0 heterocycles. The SMILES string of the molecule is CCOC(=O)c1cccc(OCC(=O)N[C@@H]2CCCc3ccccc32)c1. The Labute approximate surface area is 153 Å². The van der Waals surface area contributed by atoms with Gasteiger partial charge in [0.15, 0.2) is 6.61 Å². The number of aryl methyl sites for hydroxylation is 1. The van der Waals surface area contributed by atoms with E-state index in [1.54, 1.807) is 31.2 Å². The fraction of sp³-hybridized carbons (Fsp3) is 0.333. The Balaban J connectivity index is 1.57. The first-order chi connectivity index (χ1) is 12.7. The molecule has 0 aliphatic heterocycles. The molecule has 5 heteroatoms. The maximum Gasteiger partial charge on any atom is 0.338 e. The molecule has 0 aromatic heterocycles. The number of esters is 1. The maximum atomic E-state index is 12.3. The molecular weight excluding hydrogens is 330 g/mol. The first-order valence-electron chi connectivity index (χ1n) is 8.94. The van der Waals surface area contributed by atoms with E-state index in [0.29, 0.717) is 17.9 Å². The average molecular weight is 353 g/mol. The molecule has 5 nitrogen and oxygen atoms in total. The number of nitrogens with one attached hydrogen (secondary N) is 1. The second-order valence-corrected chi connectivity index (χ2v) is 6.25. The standard InChI is InChI=1S/C21H23NO4/c1-2-25-21(24)16-9-5-10-17(13-16)26-14-20(23)22-19-12-6-8-15-7-3-4-11-18(15)19/h3-5,7,9-11,13,19H,2,6,8,12,14H2,1H3,(H,22,23)/t19-/m1/s1. The number of fused-ring (bicyclic) bond motifs is 1. The van der Waals surface area contributed by atoms with E-state index in [1.165, 1.54) is 11.1 Å². The molecule has 0 spiro atoms. The van der Waals surface area contributed by atoms with Crippen LogP contribution in [0.4, 0.5) is 0 Å². The van der Waals surface area contributed by atoms with Gasteiger partial charge in [-0.1, -0.05) is 30.3 Å². The lowest BCUT2D eigenvalue weighted by atomic mass is 9.88. The zero-order chi connectivity index (χ0) is 18.4. The molecule has 2 aromatic carbocycles. The summed E-state index contributed by atoms with van der Waals surface area (Å²) in [4.78, 5) is 24.0. The highest BCUT2D eigenvalue weighted by atomic mass is 16.5. The lowest BCUT2D eigenvalue weighted by Gasteiger charge is -2.26. The number of benzene rings is 2. The molecule has 1 aliphatic carbocycles. The van der Waals surface area contributed by atoms with Gasteiger partial charge in [0.05, 0.1) is 18.2 Å². The second kappa shape index (κ2) is 8.52. The van der Waals surface area contributed by atoms with Gasteiger partial charge in [-0.15, -0.1) is 0 Å². The number of hydrogen-bond acceptors (Lipinski definition) is 4. The van der Waals surface area contributed by atoms with Crippen LogP contribution in [0.5, 0.6) is 5.75 Å². The minimum absolute atomic E-state index is 0.0296. The van der Waals surface area contributed by atoms with Gasteiger partial charge in [0, 0.05) is 0 Å². The molecule has 0 saturated heterocycles. The van der Waals surface area contributed by atoms with Gasteiger partial charge >= 0.3 is 5.97 Å². The van der Waals surface area contributed by atoms with Gasteiger partial charge in [0.1, 0.15) is 5.75 Å². The van der Waals surface area contributed by atoms with E-state index in [0.717, 1.165) is 19.3 Å². The van der Waals surface area contributed by atoms with E-state index in [9.17, 15) is 9.59 Å². The molecule has 3 rings (SSSR count). The minimum Gasteiger partial charge on any atom is -0.484 e. The van der Waals surface area contributed by atoms with Gasteiger partial charge in [-0.3, -0.25) is 4.79 Å². The molecular formula is C21H23NO4. The van der Waals surface area contributed by atoms with E-state index in [4.69, 9.17) is 9.47 Å². The number of amides is 1. The van der Waals surface area contributed by atoms with Gasteiger partial charge in [-0.2, -0.15) is 0 Å². The number of carbonyl (C=O) groups is 2. The van der Waals surface area contributed by atoms with Crippen molar-refractivity contribution in [3.05, 3.63) is 65.2 Å². The normalized spacial score (nSPS) is 15.7. The van der Waals surface area contributed by atoms with Crippen molar-refractivity contribution >= 4 is 11.9 Å². The molecule has 0 unspecified atom stereocenters. The second-order valence-electron chi connectivity index (χ2n) is 6.25. The van der Waals surface area contributed by atoms with E-state index in [2.05, 4.69) is 17.4 Å². The summed E-state index contributed by atoms with van der Waals surface area (Å²) in [7, 11) is 0. The summed E-state index contributed by atoms with van der Waals surface area (Å²) in [5.74, 6) is -0.107. The molecule has 2 aromatic rings. The molecule has 0 fully saturated rings. The lowest BCUT2D eigenvalue weighted by molar-refractivity contribution is -0.123. The summed E-state index contributed by atoms with van der Waals surface area (Å²) in [5, 5.41) is 3.05. The summed E-state index contributed by atoms with van der Waals surface area (Å²) in [6, 6.07) is 14.9. The van der Waals surface area contributed by atoms with Crippen LogP contribution < -0.4 is 10.1 Å². The molecule has 0 saturated carbocycles. The fourth-order valence-electron chi connectivity index (χ4n) is 3.22. The van der Waals surface area contributed by atoms with Crippen LogP contribution >= 0.6 is 0 Å². The van der Waals surface area contributed by atoms with E-state index >= 15 is 0 Å². The Hall–Kier alpha value is -2.82. The Morgan fingerprint density at radius 3 is 2.85 bits per heavy atom. The van der Waals surface area contributed by atoms with Crippen LogP contribution in [0.2, 0.25) is 0 Å². The van der Waals surface area contributed by atoms with Crippen LogP contribution in [0.1, 0.15) is 47.3 Å². The van der Waals surface area contributed by atoms with Gasteiger partial charge < -0.3 is 14.8 Å². The van der Waals surface area contributed by atoms with Crippen LogP contribution in [-0.4, -0.2) is 25.1 Å². The Kier molecular flexibility index (Phi) is 5.89. The highest BCUT2D eigenvalue weighted by Gasteiger charge is 2.21. The molecule has 26 heavy (non-hydrogen) atoms. The van der Waals surface area contributed by atoms with Crippen molar-refractivity contribution < 1.29 is 19.1 Å². The Morgan fingerprint density at radius 2 is 2.00 bits per heavy atom. The van der Waals surface area contributed by atoms with Gasteiger partial charge in [-0.05, 0) is 55.5 Å². The van der Waals surface area contributed by atoms with Crippen molar-refractivity contribution in [2.75, 3.05) is 13.2 Å². The quantitative estimate of drug-likeness (QED) is 0.808. The predicted molar refractivity (Wildman–Crippen MR) is 98.2 cm³/mol. The zero-order valence-electron chi connectivity index (χ0n) is 14.9. The van der Waals surface area contributed by atoms with Crippen molar-refractivity contribution in [1.82, 2.24) is 5.32 Å². The highest BCUT2D eigenvalue weighted by molar-refractivity contribution is 5.89. The van der Waals surface area contributed by atoms with Crippen LogP contribution in [0.25, 0.3) is 0 Å². The summed E-state index contributed by atoms with van der Waals surface area (Å²) >= 11 is 0. The van der Waals surface area contributed by atoms with Crippen LogP contribution in [0.15, 0.2) is 48.5 Å². The zero-order valence-corrected chi connectivity index (χ0v) is 14.9. The Bertz CT molecular complexity index is 787. The number of carbonyl (C=O) groups excluding carboxylic acids is 2. The lowest BCUT2D eigenvalue weighted by Crippen LogP contribution is -2.34. The number of ether oxygens (including phenoxy) is 2. The third-order valence-electron chi connectivity index (χ3n) is 4.42. The van der Waals surface area contributed by atoms with E-state index < -0.39 is 5.97 Å². The molecule has 1 atom stereocenters. The van der Waals surface area contributed by atoms with E-state index in [-0.39, 0.29) is 18.6 Å². The minimum atomic E-state index is -0.402. The first-order valence-corrected chi connectivity index (χ1v) is 8.94. The predicted octanol–water partition coefficient (Wildman–Crippen LogP) is 3.44. The smallest absolute Gasteiger partial charge is 0.338 e. The van der Waals surface area contributed by atoms with Crippen molar-refractivity contribution in [2.24, 2.45) is 0 Å². The number of rotatable bonds is 6. The highest BCUT2D eigenvalue weighted by Crippen LogP contribution is 2.29. The largest absolute Gasteiger partial charge is 0.484 e. The molecule has 1 aliphatic rings. The summed E-state index contributed by atoms with van der Waals surface area (Å²) < 4.78 is 10.5. The monoisotopic (exact) mass is 353 g/mol. The van der Waals surface area contributed by atoms with Gasteiger partial charge in [0.25, 0.3) is 5.91 Å². The fourth-order valence-corrected chi connectivity index (χ4v) is 3.22. The molecule has 0 bridgehead atoms. The van der Waals surface area contributed by atoms with Gasteiger partial charge in [0.2, 0.25) is 0 Å². The molecule has 136 valence electrons. The third-order valence-corrected chi connectivity index (χ3v) is 4.42. The van der Waals surface area contributed by atoms with Crippen LogP contribution in [0.3, 0.4) is 0 Å².